The van der Waals surface area contributed by atoms with Crippen LogP contribution in [0.4, 0.5) is 0 Å². The van der Waals surface area contributed by atoms with E-state index in [-0.39, 0.29) is 30.1 Å². The molecule has 0 aliphatic carbocycles. The molecule has 0 spiro atoms. The van der Waals surface area contributed by atoms with E-state index in [1.54, 1.807) is 13.8 Å². The van der Waals surface area contributed by atoms with Crippen LogP contribution in [0.25, 0.3) is 0 Å². The molecule has 0 aliphatic heterocycles. The van der Waals surface area contributed by atoms with E-state index in [2.05, 4.69) is 50.9 Å². The van der Waals surface area contributed by atoms with Crippen molar-refractivity contribution in [1.29, 1.82) is 0 Å². The van der Waals surface area contributed by atoms with Crippen LogP contribution in [-0.4, -0.2) is 48.4 Å². The van der Waals surface area contributed by atoms with Crippen LogP contribution in [0.3, 0.4) is 0 Å². The van der Waals surface area contributed by atoms with Gasteiger partial charge >= 0.3 is 0 Å². The molecule has 224 valence electrons. The zero-order chi connectivity index (χ0) is 28.5. The average molecular weight is 556 g/mol. The number of unbranched alkanes of at least 4 members (excludes halogenated alkanes) is 12. The maximum atomic E-state index is 12.5. The molecule has 38 heavy (non-hydrogen) atoms. The number of ether oxygens (including phenoxy) is 2. The fraction of sp³-hybridized carbons (Fsp3) is 0.875. The quantitative estimate of drug-likeness (QED) is 0.0607. The third kappa shape index (κ3) is 23.1. The van der Waals surface area contributed by atoms with Crippen molar-refractivity contribution in [3.05, 3.63) is 12.2 Å². The van der Waals surface area contributed by atoms with E-state index in [0.717, 1.165) is 19.4 Å². The number of nitrogens with one attached hydrogen (secondary N) is 1. The molecule has 0 saturated heterocycles. The van der Waals surface area contributed by atoms with E-state index in [0.29, 0.717) is 18.9 Å². The van der Waals surface area contributed by atoms with Gasteiger partial charge in [-0.05, 0) is 66.2 Å². The molecule has 0 aromatic carbocycles. The van der Waals surface area contributed by atoms with E-state index in [4.69, 9.17) is 9.47 Å². The Morgan fingerprint density at radius 1 is 0.737 bits per heavy atom. The van der Waals surface area contributed by atoms with E-state index < -0.39 is 5.60 Å². The Bertz CT molecular complexity index is 619. The summed E-state index contributed by atoms with van der Waals surface area (Å²) < 4.78 is 12.0. The lowest BCUT2D eigenvalue weighted by molar-refractivity contribution is -0.144. The number of carbonyl (C=O) groups is 2. The molecular formula is C32H61NO4S. The van der Waals surface area contributed by atoms with Gasteiger partial charge in [0.25, 0.3) is 0 Å². The minimum absolute atomic E-state index is 0.0542. The number of ketones is 1. The van der Waals surface area contributed by atoms with Crippen molar-refractivity contribution in [3.63, 3.8) is 0 Å². The molecule has 5 nitrogen and oxygen atoms in total. The van der Waals surface area contributed by atoms with Gasteiger partial charge < -0.3 is 14.8 Å². The summed E-state index contributed by atoms with van der Waals surface area (Å²) in [6, 6.07) is 0. The second-order valence-electron chi connectivity index (χ2n) is 11.7. The molecule has 0 fully saturated rings. The first-order chi connectivity index (χ1) is 18.1. The summed E-state index contributed by atoms with van der Waals surface area (Å²) in [7, 11) is 0. The molecule has 0 heterocycles. The summed E-state index contributed by atoms with van der Waals surface area (Å²) in [5.74, 6) is 0.411. The molecular weight excluding hydrogens is 494 g/mol. The molecule has 0 rings (SSSR count). The third-order valence-corrected chi connectivity index (χ3v) is 7.22. The molecule has 0 aromatic heterocycles. The third-order valence-electron chi connectivity index (χ3n) is 7.00. The predicted molar refractivity (Wildman–Crippen MR) is 165 cm³/mol. The van der Waals surface area contributed by atoms with E-state index in [9.17, 15) is 9.59 Å². The first kappa shape index (κ1) is 37.1. The highest BCUT2D eigenvalue weighted by Gasteiger charge is 2.29. The van der Waals surface area contributed by atoms with Crippen molar-refractivity contribution in [3.8, 4) is 0 Å². The smallest absolute Gasteiger partial charge is 0.220 e. The number of allylic oxidation sites excluding steroid dienone is 2. The summed E-state index contributed by atoms with van der Waals surface area (Å²) in [6.45, 7) is 11.7. The number of Topliss-reactive ketones (excluding diaryl/α,β-unsaturated/α-hetero) is 1. The minimum atomic E-state index is -0.899. The van der Waals surface area contributed by atoms with Crippen molar-refractivity contribution in [2.75, 3.05) is 25.5 Å². The monoisotopic (exact) mass is 555 g/mol. The molecule has 6 heteroatoms. The van der Waals surface area contributed by atoms with E-state index in [1.165, 1.54) is 83.5 Å². The number of hydrogen-bond donors (Lipinski definition) is 2. The lowest BCUT2D eigenvalue weighted by Gasteiger charge is -2.29. The van der Waals surface area contributed by atoms with Gasteiger partial charge in [-0.25, -0.2) is 0 Å². The number of hydrogen-bond acceptors (Lipinski definition) is 5. The van der Waals surface area contributed by atoms with Crippen molar-refractivity contribution in [1.82, 2.24) is 5.32 Å². The van der Waals surface area contributed by atoms with Gasteiger partial charge in [0.1, 0.15) is 5.60 Å². The van der Waals surface area contributed by atoms with Gasteiger partial charge in [-0.2, -0.15) is 12.6 Å². The standard InChI is InChI=1S/C32H61NO4S/c1-6-7-8-9-10-11-12-13-14-15-16-17-18-19-20-21-26-36-31(2,3)24-27-37-32(4,5)29(34)22-23-30(35)33-25-28-38/h13-14,38H,6-12,15-28H2,1-5H3,(H,33,35)/b14-13-. The topological polar surface area (TPSA) is 64.6 Å². The molecule has 0 unspecified atom stereocenters. The minimum Gasteiger partial charge on any atom is -0.375 e. The normalized spacial score (nSPS) is 12.4. The van der Waals surface area contributed by atoms with Crippen LogP contribution in [0.5, 0.6) is 0 Å². The van der Waals surface area contributed by atoms with Gasteiger partial charge in [-0.3, -0.25) is 9.59 Å². The van der Waals surface area contributed by atoms with Crippen molar-refractivity contribution in [2.45, 2.75) is 155 Å². The summed E-state index contributed by atoms with van der Waals surface area (Å²) in [5, 5.41) is 2.73. The second kappa shape index (κ2) is 24.0. The Labute approximate surface area is 241 Å². The maximum Gasteiger partial charge on any atom is 0.220 e. The van der Waals surface area contributed by atoms with E-state index in [1.807, 2.05) is 0 Å². The molecule has 1 amide bonds. The molecule has 0 atom stereocenters. The van der Waals surface area contributed by atoms with Crippen LogP contribution < -0.4 is 5.32 Å². The number of amides is 1. The molecule has 0 aliphatic rings. The predicted octanol–water partition coefficient (Wildman–Crippen LogP) is 8.40. The molecule has 1 N–H and O–H groups in total. The van der Waals surface area contributed by atoms with Crippen LogP contribution in [0.2, 0.25) is 0 Å². The first-order valence-corrected chi connectivity index (χ1v) is 16.1. The van der Waals surface area contributed by atoms with Gasteiger partial charge in [0, 0.05) is 31.7 Å². The largest absolute Gasteiger partial charge is 0.375 e. The van der Waals surface area contributed by atoms with Crippen molar-refractivity contribution < 1.29 is 19.1 Å². The Balaban J connectivity index is 3.73. The van der Waals surface area contributed by atoms with Crippen LogP contribution in [0.15, 0.2) is 12.2 Å². The fourth-order valence-corrected chi connectivity index (χ4v) is 4.33. The van der Waals surface area contributed by atoms with Crippen LogP contribution in [0, 0.1) is 0 Å². The average Bonchev–Trinajstić information content (AvgIpc) is 2.87. The number of thiol groups is 1. The van der Waals surface area contributed by atoms with Crippen molar-refractivity contribution >= 4 is 24.3 Å². The van der Waals surface area contributed by atoms with Gasteiger partial charge in [-0.15, -0.1) is 0 Å². The highest BCUT2D eigenvalue weighted by Crippen LogP contribution is 2.20. The molecule has 0 bridgehead atoms. The highest BCUT2D eigenvalue weighted by molar-refractivity contribution is 7.80. The van der Waals surface area contributed by atoms with Crippen LogP contribution in [-0.2, 0) is 19.1 Å². The van der Waals surface area contributed by atoms with Gasteiger partial charge in [-0.1, -0.05) is 76.9 Å². The van der Waals surface area contributed by atoms with Crippen LogP contribution >= 0.6 is 12.6 Å². The number of rotatable bonds is 27. The lowest BCUT2D eigenvalue weighted by atomic mass is 9.98. The fourth-order valence-electron chi connectivity index (χ4n) is 4.21. The summed E-state index contributed by atoms with van der Waals surface area (Å²) in [6.07, 6.45) is 24.1. The van der Waals surface area contributed by atoms with Crippen molar-refractivity contribution in [2.24, 2.45) is 0 Å². The zero-order valence-corrected chi connectivity index (χ0v) is 26.5. The Kier molecular flexibility index (Phi) is 23.5. The summed E-state index contributed by atoms with van der Waals surface area (Å²) in [4.78, 5) is 24.2. The molecule has 0 radical (unpaired) electrons. The zero-order valence-electron chi connectivity index (χ0n) is 25.6. The molecule has 0 saturated carbocycles. The Morgan fingerprint density at radius 3 is 1.87 bits per heavy atom. The Hall–Kier alpha value is -0.850. The number of carbonyl (C=O) groups excluding carboxylic acids is 2. The van der Waals surface area contributed by atoms with E-state index >= 15 is 0 Å². The van der Waals surface area contributed by atoms with Gasteiger partial charge in [0.15, 0.2) is 5.78 Å². The first-order valence-electron chi connectivity index (χ1n) is 15.5. The lowest BCUT2D eigenvalue weighted by Crippen LogP contribution is -2.38. The highest BCUT2D eigenvalue weighted by atomic mass is 32.1. The van der Waals surface area contributed by atoms with Gasteiger partial charge in [0.05, 0.1) is 12.2 Å². The van der Waals surface area contributed by atoms with Crippen LogP contribution in [0.1, 0.15) is 144 Å². The SMILES string of the molecule is CCCCCCCC/C=C\CCCCCCCCOC(C)(C)CCOC(C)(C)C(=O)CCC(=O)NCCS. The second-order valence-corrected chi connectivity index (χ2v) is 12.1. The maximum absolute atomic E-state index is 12.5. The Morgan fingerprint density at radius 2 is 1.29 bits per heavy atom. The summed E-state index contributed by atoms with van der Waals surface area (Å²) >= 11 is 4.07. The van der Waals surface area contributed by atoms with Gasteiger partial charge in [0.2, 0.25) is 5.91 Å². The summed E-state index contributed by atoms with van der Waals surface area (Å²) in [5.41, 5.74) is -1.18. The molecule has 0 aromatic rings.